The molecule has 0 unspecified atom stereocenters. The van der Waals surface area contributed by atoms with Gasteiger partial charge in [-0.2, -0.15) is 6.08 Å². The number of rotatable bonds is 8. The second-order valence-electron chi connectivity index (χ2n) is 11.8. The molecule has 0 radical (unpaired) electrons. The van der Waals surface area contributed by atoms with Gasteiger partial charge in [0.15, 0.2) is 5.96 Å². The Balaban J connectivity index is 0.000000260. The number of anilines is 1. The second-order valence-corrected chi connectivity index (χ2v) is 15.9. The maximum atomic E-state index is 13.2. The molecule has 1 aromatic heterocycles. The highest BCUT2D eigenvalue weighted by molar-refractivity contribution is 7.92. The van der Waals surface area contributed by atoms with E-state index in [1.54, 1.807) is 24.3 Å². The van der Waals surface area contributed by atoms with E-state index in [1.807, 2.05) is 47.6 Å². The van der Waals surface area contributed by atoms with E-state index in [4.69, 9.17) is 0 Å². The Labute approximate surface area is 283 Å². The maximum absolute atomic E-state index is 13.2. The molecule has 0 bridgehead atoms. The molecule has 0 spiro atoms. The van der Waals surface area contributed by atoms with Gasteiger partial charge in [0.25, 0.3) is 0 Å². The van der Waals surface area contributed by atoms with Crippen molar-refractivity contribution < 1.29 is 25.6 Å². The first-order valence-electron chi connectivity index (χ1n) is 15.3. The molecule has 4 rings (SSSR count). The number of benzene rings is 2. The predicted octanol–water partition coefficient (Wildman–Crippen LogP) is 6.37. The van der Waals surface area contributed by atoms with Crippen LogP contribution in [0, 0.1) is 23.6 Å². The molecule has 10 nitrogen and oxygen atoms in total. The topological polar surface area (TPSA) is 125 Å². The molecular formula is C34H43F2N6O4S2-. The SMILES string of the molecule is CC=C1C(c2ccc(F)cc2)=NC(N(C)S(C)(=O)=O)=N[C-]1C(C)C.CCc1c(-c2ccc(F)cc2)nc(N(C)S(C)(=O)=O)nc1C(C)C. The Morgan fingerprint density at radius 1 is 0.812 bits per heavy atom. The summed E-state index contributed by atoms with van der Waals surface area (Å²) in [5, 5.41) is 0. The molecule has 0 aliphatic carbocycles. The summed E-state index contributed by atoms with van der Waals surface area (Å²) in [6, 6.07) is 12.7. The van der Waals surface area contributed by atoms with Gasteiger partial charge in [0.1, 0.15) is 11.6 Å². The summed E-state index contributed by atoms with van der Waals surface area (Å²) in [6.45, 7) is 11.8. The number of hydrogen-bond donors (Lipinski definition) is 0. The van der Waals surface area contributed by atoms with Crippen LogP contribution in [0.25, 0.3) is 11.3 Å². The monoisotopic (exact) mass is 701 g/mol. The number of hydrogen-bond acceptors (Lipinski definition) is 8. The van der Waals surface area contributed by atoms with Crippen LogP contribution in [0.3, 0.4) is 0 Å². The highest BCUT2D eigenvalue weighted by atomic mass is 32.2. The van der Waals surface area contributed by atoms with Crippen LogP contribution in [0.2, 0.25) is 0 Å². The fourth-order valence-corrected chi connectivity index (χ4v) is 5.52. The summed E-state index contributed by atoms with van der Waals surface area (Å²) < 4.78 is 76.0. The molecule has 3 aromatic rings. The smallest absolute Gasteiger partial charge is 0.239 e. The van der Waals surface area contributed by atoms with Gasteiger partial charge < -0.3 is 9.98 Å². The van der Waals surface area contributed by atoms with E-state index in [1.165, 1.54) is 38.4 Å². The van der Waals surface area contributed by atoms with Crippen molar-refractivity contribution in [3.8, 4) is 11.3 Å². The lowest BCUT2D eigenvalue weighted by molar-refractivity contribution is 0.555. The van der Waals surface area contributed by atoms with Gasteiger partial charge in [-0.05, 0) is 72.0 Å². The van der Waals surface area contributed by atoms with Crippen LogP contribution in [0.4, 0.5) is 14.7 Å². The van der Waals surface area contributed by atoms with E-state index in [0.29, 0.717) is 23.4 Å². The van der Waals surface area contributed by atoms with E-state index < -0.39 is 20.0 Å². The Bertz CT molecular complexity index is 1920. The molecule has 1 aliphatic heterocycles. The third kappa shape index (κ3) is 9.04. The molecule has 48 heavy (non-hydrogen) atoms. The first kappa shape index (κ1) is 38.3. The number of allylic oxidation sites excluding steroid dienone is 1. The zero-order valence-electron chi connectivity index (χ0n) is 28.9. The summed E-state index contributed by atoms with van der Waals surface area (Å²) >= 11 is 0. The van der Waals surface area contributed by atoms with Crippen LogP contribution in [-0.2, 0) is 26.5 Å². The van der Waals surface area contributed by atoms with Crippen LogP contribution >= 0.6 is 0 Å². The number of aliphatic imine (C=N–C) groups is 2. The highest BCUT2D eigenvalue weighted by Gasteiger charge is 2.24. The lowest BCUT2D eigenvalue weighted by Crippen LogP contribution is -2.35. The second kappa shape index (κ2) is 15.4. The van der Waals surface area contributed by atoms with E-state index >= 15 is 0 Å². The summed E-state index contributed by atoms with van der Waals surface area (Å²) in [5.74, 6) is -0.265. The molecule has 14 heteroatoms. The van der Waals surface area contributed by atoms with Crippen molar-refractivity contribution in [3.05, 3.63) is 94.7 Å². The molecule has 0 saturated carbocycles. The van der Waals surface area contributed by atoms with Gasteiger partial charge >= 0.3 is 0 Å². The van der Waals surface area contributed by atoms with Gasteiger partial charge in [-0.25, -0.2) is 39.9 Å². The van der Waals surface area contributed by atoms with Crippen molar-refractivity contribution in [2.24, 2.45) is 15.9 Å². The molecule has 2 aromatic carbocycles. The van der Waals surface area contributed by atoms with Crippen LogP contribution in [0.5, 0.6) is 0 Å². The number of aromatic nitrogens is 2. The van der Waals surface area contributed by atoms with Crippen LogP contribution < -0.4 is 4.31 Å². The van der Waals surface area contributed by atoms with Gasteiger partial charge in [-0.15, -0.1) is 5.57 Å². The van der Waals surface area contributed by atoms with E-state index in [0.717, 1.165) is 49.6 Å². The van der Waals surface area contributed by atoms with Gasteiger partial charge in [-0.1, -0.05) is 53.7 Å². The Morgan fingerprint density at radius 3 is 1.73 bits per heavy atom. The first-order valence-corrected chi connectivity index (χ1v) is 19.0. The fourth-order valence-electron chi connectivity index (χ4n) is 4.77. The summed E-state index contributed by atoms with van der Waals surface area (Å²) in [5.41, 5.74) is 5.24. The molecule has 2 heterocycles. The number of sulfonamides is 2. The molecular weight excluding hydrogens is 659 g/mol. The Hall–Kier alpha value is -4.17. The van der Waals surface area contributed by atoms with Crippen molar-refractivity contribution in [3.63, 3.8) is 0 Å². The average molecular weight is 702 g/mol. The lowest BCUT2D eigenvalue weighted by atomic mass is 9.89. The van der Waals surface area contributed by atoms with Crippen molar-refractivity contribution in [1.82, 2.24) is 14.3 Å². The minimum Gasteiger partial charge on any atom is -0.315 e. The van der Waals surface area contributed by atoms with Crippen molar-refractivity contribution >= 4 is 37.7 Å². The third-order valence-electron chi connectivity index (χ3n) is 7.52. The lowest BCUT2D eigenvalue weighted by Gasteiger charge is -2.36. The minimum atomic E-state index is -3.49. The molecule has 0 N–H and O–H groups in total. The maximum Gasteiger partial charge on any atom is 0.239 e. The summed E-state index contributed by atoms with van der Waals surface area (Å²) in [6.07, 6.45) is 4.79. The molecule has 0 saturated heterocycles. The van der Waals surface area contributed by atoms with Crippen molar-refractivity contribution in [2.45, 2.75) is 53.9 Å². The first-order chi connectivity index (χ1) is 22.3. The standard InChI is InChI=1S/C17H22FN3O2S.C17H21FN3O2S/c2*1-6-14-15(11(2)3)19-17(21(4)24(5,22)23)20-16(14)12-7-9-13(18)10-8-12/h7-11H,6H2,1-5H3;6-11H,1-5H3/q;-1. The molecule has 0 fully saturated rings. The van der Waals surface area contributed by atoms with Gasteiger partial charge in [0.2, 0.25) is 26.0 Å². The largest absolute Gasteiger partial charge is 0.315 e. The molecule has 0 amide bonds. The molecule has 1 aliphatic rings. The number of halogens is 2. The predicted molar refractivity (Wildman–Crippen MR) is 189 cm³/mol. The van der Waals surface area contributed by atoms with Crippen LogP contribution in [0.15, 0.2) is 70.2 Å². The minimum absolute atomic E-state index is 0.0742. The number of guanidine groups is 1. The highest BCUT2D eigenvalue weighted by Crippen LogP contribution is 2.33. The van der Waals surface area contributed by atoms with Crippen molar-refractivity contribution in [1.29, 1.82) is 0 Å². The quantitative estimate of drug-likeness (QED) is 0.251. The zero-order valence-corrected chi connectivity index (χ0v) is 30.6. The van der Waals surface area contributed by atoms with Gasteiger partial charge in [0.05, 0.1) is 23.9 Å². The Morgan fingerprint density at radius 2 is 1.31 bits per heavy atom. The van der Waals surface area contributed by atoms with E-state index in [9.17, 15) is 25.6 Å². The van der Waals surface area contributed by atoms with Crippen LogP contribution in [-0.4, -0.2) is 69.4 Å². The van der Waals surface area contributed by atoms with E-state index in [-0.39, 0.29) is 35.4 Å². The normalized spacial score (nSPS) is 14.5. The third-order valence-corrected chi connectivity index (χ3v) is 9.84. The Kier molecular flexibility index (Phi) is 12.3. The average Bonchev–Trinajstić information content (AvgIpc) is 3.02. The molecule has 260 valence electrons. The summed E-state index contributed by atoms with van der Waals surface area (Å²) in [4.78, 5) is 17.8. The van der Waals surface area contributed by atoms with Crippen LogP contribution in [0.1, 0.15) is 64.3 Å². The van der Waals surface area contributed by atoms with E-state index in [2.05, 4.69) is 20.0 Å². The zero-order chi connectivity index (χ0) is 36.1. The van der Waals surface area contributed by atoms with Crippen molar-refractivity contribution in [2.75, 3.05) is 30.9 Å². The van der Waals surface area contributed by atoms with Gasteiger partial charge in [-0.3, -0.25) is 4.31 Å². The van der Waals surface area contributed by atoms with Gasteiger partial charge in [0, 0.05) is 25.2 Å². The molecule has 0 atom stereocenters. The fraction of sp³-hybridized carbons (Fsp3) is 0.382. The number of nitrogens with zero attached hydrogens (tertiary/aromatic N) is 6. The summed E-state index contributed by atoms with van der Waals surface area (Å²) in [7, 11) is -4.12.